The average Bonchev–Trinajstić information content (AvgIpc) is 3.98. The fourth-order valence-electron chi connectivity index (χ4n) is 10.3. The topological polar surface area (TPSA) is 129 Å². The molecule has 0 radical (unpaired) electrons. The first-order chi connectivity index (χ1) is 35.8. The van der Waals surface area contributed by atoms with Gasteiger partial charge in [-0.05, 0) is 133 Å². The van der Waals surface area contributed by atoms with E-state index in [0.29, 0.717) is 58.8 Å². The maximum absolute atomic E-state index is 13.5. The molecule has 0 saturated carbocycles. The third kappa shape index (κ3) is 16.9. The van der Waals surface area contributed by atoms with E-state index in [9.17, 15) is 15.3 Å². The Morgan fingerprint density at radius 3 is 1.49 bits per heavy atom. The van der Waals surface area contributed by atoms with Crippen molar-refractivity contribution < 1.29 is 38.3 Å². The van der Waals surface area contributed by atoms with Gasteiger partial charge in [-0.1, -0.05) is 154 Å². The normalized spacial score (nSPS) is 14.8. The number of rotatable bonds is 34. The number of nitrogens with zero attached hydrogens (tertiary/aromatic N) is 2. The summed E-state index contributed by atoms with van der Waals surface area (Å²) in [5, 5.41) is 20.1. The molecule has 6 rings (SSSR count). The van der Waals surface area contributed by atoms with E-state index in [2.05, 4.69) is 26.0 Å². The Hall–Kier alpha value is -6.23. The number of carbonyl (C=O) groups excluding carboxylic acids is 1. The van der Waals surface area contributed by atoms with Gasteiger partial charge in [-0.25, -0.2) is 4.79 Å². The number of esters is 1. The lowest BCUT2D eigenvalue weighted by Gasteiger charge is -2.27. The highest BCUT2D eigenvalue weighted by Crippen LogP contribution is 2.53. The SMILES string of the molecule is CCCCCCCCCCCCOc1ccc(/C=C(\C#N)COOc2ccc3c(c2)C2(CC3)CCc3ccc(OC(=O)/C(C#N)=C/c4ccc(OCCCCCCCCCCCC)c(OC)c4)cc32)cc1OC. The Kier molecular flexibility index (Phi) is 23.6. The van der Waals surface area contributed by atoms with Gasteiger partial charge in [0.2, 0.25) is 0 Å². The predicted molar refractivity (Wildman–Crippen MR) is 290 cm³/mol. The summed E-state index contributed by atoms with van der Waals surface area (Å²) in [5.74, 6) is 2.64. The lowest BCUT2D eigenvalue weighted by Crippen LogP contribution is -2.21. The molecule has 1 atom stereocenters. The predicted octanol–water partition coefficient (Wildman–Crippen LogP) is 15.9. The molecule has 10 nitrogen and oxygen atoms in total. The van der Waals surface area contributed by atoms with Crippen LogP contribution in [0.1, 0.15) is 188 Å². The average molecular weight is 993 g/mol. The van der Waals surface area contributed by atoms with Gasteiger partial charge in [0.15, 0.2) is 28.7 Å². The minimum Gasteiger partial charge on any atom is -0.493 e. The second kappa shape index (κ2) is 30.7. The number of aryl methyl sites for hydroxylation is 2. The number of fused-ring (bicyclic) bond motifs is 4. The Balaban J connectivity index is 0.997. The number of hydrogen-bond acceptors (Lipinski definition) is 10. The van der Waals surface area contributed by atoms with Gasteiger partial charge < -0.3 is 28.6 Å². The molecule has 0 bridgehead atoms. The van der Waals surface area contributed by atoms with Gasteiger partial charge >= 0.3 is 5.97 Å². The van der Waals surface area contributed by atoms with Crippen LogP contribution in [0, 0.1) is 22.7 Å². The van der Waals surface area contributed by atoms with E-state index in [-0.39, 0.29) is 17.6 Å². The first kappa shape index (κ1) is 56.1. The molecule has 0 saturated heterocycles. The van der Waals surface area contributed by atoms with Crippen LogP contribution in [0.3, 0.4) is 0 Å². The van der Waals surface area contributed by atoms with E-state index in [4.69, 9.17) is 33.5 Å². The van der Waals surface area contributed by atoms with Crippen LogP contribution >= 0.6 is 0 Å². The molecule has 2 aliphatic carbocycles. The smallest absolute Gasteiger partial charge is 0.354 e. The number of methoxy groups -OCH3 is 2. The largest absolute Gasteiger partial charge is 0.493 e. The summed E-state index contributed by atoms with van der Waals surface area (Å²) in [7, 11) is 3.20. The Bertz CT molecular complexity index is 2510. The van der Waals surface area contributed by atoms with Crippen molar-refractivity contribution in [2.24, 2.45) is 0 Å². The molecule has 4 aromatic carbocycles. The van der Waals surface area contributed by atoms with E-state index in [1.807, 2.05) is 60.7 Å². The first-order valence-corrected chi connectivity index (χ1v) is 27.5. The number of unbranched alkanes of at least 4 members (excludes halogenated alkanes) is 18. The quantitative estimate of drug-likeness (QED) is 0.00848. The van der Waals surface area contributed by atoms with Crippen molar-refractivity contribution in [3.8, 4) is 46.6 Å². The highest BCUT2D eigenvalue weighted by Gasteiger charge is 2.45. The van der Waals surface area contributed by atoms with E-state index >= 15 is 0 Å². The van der Waals surface area contributed by atoms with E-state index in [0.717, 1.165) is 68.1 Å². The summed E-state index contributed by atoms with van der Waals surface area (Å²) in [6.45, 7) is 5.68. The monoisotopic (exact) mass is 993 g/mol. The minimum absolute atomic E-state index is 0.0541. The maximum Gasteiger partial charge on any atom is 0.354 e. The molecule has 0 aromatic heterocycles. The van der Waals surface area contributed by atoms with E-state index < -0.39 is 5.97 Å². The Morgan fingerprint density at radius 2 is 1.01 bits per heavy atom. The molecule has 0 fully saturated rings. The lowest BCUT2D eigenvalue weighted by atomic mass is 9.76. The maximum atomic E-state index is 13.5. The van der Waals surface area contributed by atoms with Crippen LogP contribution in [0.25, 0.3) is 12.2 Å². The van der Waals surface area contributed by atoms with Gasteiger partial charge in [-0.2, -0.15) is 15.4 Å². The van der Waals surface area contributed by atoms with Crippen LogP contribution < -0.4 is 28.6 Å². The number of nitriles is 2. The van der Waals surface area contributed by atoms with Gasteiger partial charge in [0.1, 0.15) is 24.0 Å². The molecule has 2 aliphatic rings. The van der Waals surface area contributed by atoms with Crippen molar-refractivity contribution in [1.29, 1.82) is 10.5 Å². The summed E-state index contributed by atoms with van der Waals surface area (Å²) >= 11 is 0. The summed E-state index contributed by atoms with van der Waals surface area (Å²) in [6.07, 6.45) is 32.1. The van der Waals surface area contributed by atoms with Crippen LogP contribution in [0.5, 0.6) is 34.5 Å². The zero-order valence-electron chi connectivity index (χ0n) is 44.3. The van der Waals surface area contributed by atoms with Crippen molar-refractivity contribution in [2.75, 3.05) is 34.0 Å². The number of carbonyl (C=O) groups is 1. The molecule has 73 heavy (non-hydrogen) atoms. The minimum atomic E-state index is -0.736. The second-order valence-electron chi connectivity index (χ2n) is 19.8. The van der Waals surface area contributed by atoms with Gasteiger partial charge in [-0.15, -0.1) is 0 Å². The van der Waals surface area contributed by atoms with Crippen LogP contribution in [0.2, 0.25) is 0 Å². The summed E-state index contributed by atoms with van der Waals surface area (Å²) < 4.78 is 29.3. The summed E-state index contributed by atoms with van der Waals surface area (Å²) in [6, 6.07) is 27.1. The molecule has 1 spiro atoms. The van der Waals surface area contributed by atoms with Crippen LogP contribution in [-0.4, -0.2) is 40.0 Å². The molecule has 0 N–H and O–H groups in total. The van der Waals surface area contributed by atoms with Crippen molar-refractivity contribution >= 4 is 18.1 Å². The number of benzene rings is 4. The summed E-state index contributed by atoms with van der Waals surface area (Å²) in [5.41, 5.74) is 6.06. The zero-order chi connectivity index (χ0) is 51.5. The van der Waals surface area contributed by atoms with Crippen LogP contribution in [-0.2, 0) is 27.9 Å². The molecular formula is C63H80N2O8. The number of hydrogen-bond donors (Lipinski definition) is 0. The van der Waals surface area contributed by atoms with E-state index in [1.54, 1.807) is 32.4 Å². The fourth-order valence-corrected chi connectivity index (χ4v) is 10.3. The van der Waals surface area contributed by atoms with Crippen LogP contribution in [0.4, 0.5) is 0 Å². The van der Waals surface area contributed by atoms with Crippen molar-refractivity contribution in [2.45, 2.75) is 173 Å². The molecule has 4 aromatic rings. The third-order valence-electron chi connectivity index (χ3n) is 14.4. The van der Waals surface area contributed by atoms with Gasteiger partial charge in [0, 0.05) is 5.41 Å². The lowest BCUT2D eigenvalue weighted by molar-refractivity contribution is -0.197. The molecule has 10 heteroatoms. The first-order valence-electron chi connectivity index (χ1n) is 27.5. The molecule has 0 heterocycles. The zero-order valence-corrected chi connectivity index (χ0v) is 44.3. The molecular weight excluding hydrogens is 913 g/mol. The highest BCUT2D eigenvalue weighted by molar-refractivity contribution is 5.99. The molecule has 0 aliphatic heterocycles. The van der Waals surface area contributed by atoms with Gasteiger partial charge in [-0.3, -0.25) is 0 Å². The third-order valence-corrected chi connectivity index (χ3v) is 14.4. The van der Waals surface area contributed by atoms with Crippen molar-refractivity contribution in [3.05, 3.63) is 117 Å². The fraction of sp³-hybridized carbons (Fsp3) is 0.508. The molecule has 1 unspecified atom stereocenters. The van der Waals surface area contributed by atoms with Crippen LogP contribution in [0.15, 0.2) is 83.9 Å². The van der Waals surface area contributed by atoms with Crippen molar-refractivity contribution in [1.82, 2.24) is 0 Å². The van der Waals surface area contributed by atoms with E-state index in [1.165, 1.54) is 120 Å². The molecule has 390 valence electrons. The Labute approximate surface area is 436 Å². The summed E-state index contributed by atoms with van der Waals surface area (Å²) in [4.78, 5) is 25.0. The van der Waals surface area contributed by atoms with Crippen molar-refractivity contribution in [3.63, 3.8) is 0 Å². The Morgan fingerprint density at radius 1 is 0.548 bits per heavy atom. The van der Waals surface area contributed by atoms with Gasteiger partial charge in [0.25, 0.3) is 0 Å². The standard InChI is InChI=1S/C63H80N2O8/c1-5-7-9-11-13-15-17-19-21-23-37-69-58-31-25-48(41-60(58)67-3)39-50(45-64)47-71-73-55-30-28-52-34-36-63(57(52)44-55)35-33-51-27-29-54(43-56(51)63)72-62(66)53(46-65)40-49-26-32-59(61(42-49)68-4)70-38-24-22-20-18-16-14-12-10-8-6-2/h25-32,39-44H,5-24,33-38,47H2,1-4H3/b50-39+,53-40+. The highest BCUT2D eigenvalue weighted by atomic mass is 17.2. The number of ether oxygens (including phenoxy) is 5. The second-order valence-corrected chi connectivity index (χ2v) is 19.8. The van der Waals surface area contributed by atoms with Gasteiger partial charge in [0.05, 0.1) is 39.1 Å². The molecule has 0 amide bonds.